The number of aromatic amines is 1. The molecule has 0 radical (unpaired) electrons. The molecule has 1 saturated heterocycles. The first-order valence-corrected chi connectivity index (χ1v) is 8.52. The monoisotopic (exact) mass is 372 g/mol. The molecule has 6 heteroatoms. The van der Waals surface area contributed by atoms with Crippen molar-refractivity contribution in [3.05, 3.63) is 77.7 Å². The molecule has 3 aromatic rings. The van der Waals surface area contributed by atoms with E-state index in [1.54, 1.807) is 18.3 Å². The molecule has 0 spiro atoms. The summed E-state index contributed by atoms with van der Waals surface area (Å²) in [5, 5.41) is 7.07. The van der Waals surface area contributed by atoms with Crippen LogP contribution in [0.5, 0.6) is 0 Å². The third-order valence-corrected chi connectivity index (χ3v) is 4.92. The molecule has 2 aromatic carbocycles. The minimum Gasteiger partial charge on any atom is -0.326 e. The molecule has 4 nitrogen and oxygen atoms in total. The van der Waals surface area contributed by atoms with E-state index in [0.717, 1.165) is 24.3 Å². The van der Waals surface area contributed by atoms with Gasteiger partial charge >= 0.3 is 0 Å². The number of hydrogen-bond donors (Lipinski definition) is 2. The summed E-state index contributed by atoms with van der Waals surface area (Å²) in [5.41, 5.74) is 9.95. The summed E-state index contributed by atoms with van der Waals surface area (Å²) in [6, 6.07) is 17.3. The summed E-state index contributed by atoms with van der Waals surface area (Å²) >= 11 is 0. The molecule has 1 aliphatic rings. The lowest BCUT2D eigenvalue weighted by atomic mass is 9.95. The van der Waals surface area contributed by atoms with Gasteiger partial charge < -0.3 is 5.73 Å². The molecule has 4 rings (SSSR count). The highest BCUT2D eigenvalue weighted by atomic mass is 35.5. The SMILES string of the molecule is Cl.N[C@@H]1CN(Cc2cn[nH]c2-c2ccccc2F)C[C@H]1c1ccccc1. The summed E-state index contributed by atoms with van der Waals surface area (Å²) in [6.45, 7) is 2.42. The largest absolute Gasteiger partial charge is 0.326 e. The quantitative estimate of drug-likeness (QED) is 0.736. The maximum Gasteiger partial charge on any atom is 0.132 e. The second-order valence-corrected chi connectivity index (χ2v) is 6.63. The van der Waals surface area contributed by atoms with Gasteiger partial charge in [0.1, 0.15) is 5.82 Å². The van der Waals surface area contributed by atoms with Crippen LogP contribution < -0.4 is 5.73 Å². The number of rotatable bonds is 4. The molecule has 1 fully saturated rings. The van der Waals surface area contributed by atoms with Crippen molar-refractivity contribution in [2.45, 2.75) is 18.5 Å². The third-order valence-electron chi connectivity index (χ3n) is 4.92. The molecular weight excluding hydrogens is 351 g/mol. The van der Waals surface area contributed by atoms with Gasteiger partial charge in [-0.15, -0.1) is 12.4 Å². The molecule has 0 unspecified atom stereocenters. The van der Waals surface area contributed by atoms with Crippen molar-refractivity contribution in [3.63, 3.8) is 0 Å². The Morgan fingerprint density at radius 2 is 1.81 bits per heavy atom. The molecule has 0 amide bonds. The highest BCUT2D eigenvalue weighted by Crippen LogP contribution is 2.30. The van der Waals surface area contributed by atoms with E-state index < -0.39 is 0 Å². The van der Waals surface area contributed by atoms with Gasteiger partial charge in [0.2, 0.25) is 0 Å². The Morgan fingerprint density at radius 1 is 1.08 bits per heavy atom. The zero-order chi connectivity index (χ0) is 17.2. The molecule has 0 saturated carbocycles. The highest BCUT2D eigenvalue weighted by Gasteiger charge is 2.31. The van der Waals surface area contributed by atoms with E-state index in [1.807, 2.05) is 12.1 Å². The Morgan fingerprint density at radius 3 is 2.58 bits per heavy atom. The fourth-order valence-electron chi connectivity index (χ4n) is 3.66. The van der Waals surface area contributed by atoms with Crippen LogP contribution in [0.3, 0.4) is 0 Å². The molecular formula is C20H22ClFN4. The second kappa shape index (κ2) is 7.99. The molecule has 3 N–H and O–H groups in total. The lowest BCUT2D eigenvalue weighted by Gasteiger charge is -2.16. The van der Waals surface area contributed by atoms with Crippen LogP contribution >= 0.6 is 12.4 Å². The van der Waals surface area contributed by atoms with Gasteiger partial charge in [-0.25, -0.2) is 4.39 Å². The van der Waals surface area contributed by atoms with Crippen LogP contribution in [0.15, 0.2) is 60.8 Å². The smallest absolute Gasteiger partial charge is 0.132 e. The maximum atomic E-state index is 14.1. The summed E-state index contributed by atoms with van der Waals surface area (Å²) in [4.78, 5) is 2.32. The lowest BCUT2D eigenvalue weighted by molar-refractivity contribution is 0.324. The summed E-state index contributed by atoms with van der Waals surface area (Å²) < 4.78 is 14.1. The van der Waals surface area contributed by atoms with Crippen LogP contribution in [0.4, 0.5) is 4.39 Å². The van der Waals surface area contributed by atoms with Gasteiger partial charge in [-0.2, -0.15) is 5.10 Å². The first-order chi connectivity index (χ1) is 12.2. The van der Waals surface area contributed by atoms with Crippen molar-refractivity contribution in [2.24, 2.45) is 5.73 Å². The minimum atomic E-state index is -0.242. The summed E-state index contributed by atoms with van der Waals surface area (Å²) in [6.07, 6.45) is 1.78. The summed E-state index contributed by atoms with van der Waals surface area (Å²) in [5.74, 6) is 0.0818. The topological polar surface area (TPSA) is 57.9 Å². The number of nitrogens with one attached hydrogen (secondary N) is 1. The van der Waals surface area contributed by atoms with Crippen LogP contribution in [-0.2, 0) is 6.54 Å². The number of nitrogens with two attached hydrogens (primary N) is 1. The fraction of sp³-hybridized carbons (Fsp3) is 0.250. The Balaban J connectivity index is 0.00000196. The van der Waals surface area contributed by atoms with E-state index >= 15 is 0 Å². The minimum absolute atomic E-state index is 0. The van der Waals surface area contributed by atoms with E-state index in [2.05, 4.69) is 39.4 Å². The molecule has 26 heavy (non-hydrogen) atoms. The third kappa shape index (κ3) is 3.65. The van der Waals surface area contributed by atoms with Crippen LogP contribution in [0, 0.1) is 5.82 Å². The van der Waals surface area contributed by atoms with Crippen LogP contribution in [0.25, 0.3) is 11.3 Å². The Kier molecular flexibility index (Phi) is 5.71. The number of likely N-dealkylation sites (tertiary alicyclic amines) is 1. The van der Waals surface area contributed by atoms with Crippen molar-refractivity contribution in [1.29, 1.82) is 0 Å². The van der Waals surface area contributed by atoms with Gasteiger partial charge in [-0.1, -0.05) is 42.5 Å². The van der Waals surface area contributed by atoms with Crippen LogP contribution in [0.1, 0.15) is 17.0 Å². The van der Waals surface area contributed by atoms with Crippen LogP contribution in [0.2, 0.25) is 0 Å². The molecule has 2 atom stereocenters. The number of H-pyrrole nitrogens is 1. The van der Waals surface area contributed by atoms with Gasteiger partial charge in [0.15, 0.2) is 0 Å². The zero-order valence-corrected chi connectivity index (χ0v) is 15.1. The van der Waals surface area contributed by atoms with Crippen molar-refractivity contribution >= 4 is 12.4 Å². The highest BCUT2D eigenvalue weighted by molar-refractivity contribution is 5.85. The lowest BCUT2D eigenvalue weighted by Crippen LogP contribution is -2.28. The molecule has 136 valence electrons. The van der Waals surface area contributed by atoms with Gasteiger partial charge in [0.25, 0.3) is 0 Å². The van der Waals surface area contributed by atoms with Gasteiger partial charge in [0.05, 0.1) is 11.9 Å². The summed E-state index contributed by atoms with van der Waals surface area (Å²) in [7, 11) is 0. The molecule has 0 bridgehead atoms. The number of nitrogens with zero attached hydrogens (tertiary/aromatic N) is 2. The van der Waals surface area contributed by atoms with E-state index in [-0.39, 0.29) is 24.3 Å². The van der Waals surface area contributed by atoms with Gasteiger partial charge in [-0.05, 0) is 17.7 Å². The van der Waals surface area contributed by atoms with Crippen molar-refractivity contribution in [3.8, 4) is 11.3 Å². The molecule has 0 aliphatic carbocycles. The van der Waals surface area contributed by atoms with Crippen molar-refractivity contribution < 1.29 is 4.39 Å². The van der Waals surface area contributed by atoms with Gasteiger partial charge in [0, 0.05) is 42.7 Å². The Labute approximate surface area is 158 Å². The predicted octanol–water partition coefficient (Wildman–Crippen LogP) is 3.56. The maximum absolute atomic E-state index is 14.1. The fourth-order valence-corrected chi connectivity index (χ4v) is 3.66. The second-order valence-electron chi connectivity index (χ2n) is 6.63. The number of aromatic nitrogens is 2. The molecule has 1 aromatic heterocycles. The average Bonchev–Trinajstić information content (AvgIpc) is 3.23. The standard InChI is InChI=1S/C20H21FN4.ClH/c21-18-9-5-4-8-16(18)20-15(10-23-24-20)11-25-12-17(19(22)13-25)14-6-2-1-3-7-14;/h1-10,17,19H,11-13,22H2,(H,23,24);1H/t17-,19+;/m0./s1. The predicted molar refractivity (Wildman–Crippen MR) is 104 cm³/mol. The molecule has 2 heterocycles. The van der Waals surface area contributed by atoms with Crippen LogP contribution in [-0.4, -0.2) is 34.2 Å². The van der Waals surface area contributed by atoms with E-state index in [4.69, 9.17) is 5.73 Å². The zero-order valence-electron chi connectivity index (χ0n) is 14.3. The first-order valence-electron chi connectivity index (χ1n) is 8.52. The Hall–Kier alpha value is -2.21. The first kappa shape index (κ1) is 18.6. The van der Waals surface area contributed by atoms with Crippen molar-refractivity contribution in [2.75, 3.05) is 13.1 Å². The average molecular weight is 373 g/mol. The van der Waals surface area contributed by atoms with E-state index in [0.29, 0.717) is 18.0 Å². The normalized spacial score (nSPS) is 20.1. The number of halogens is 2. The number of hydrogen-bond acceptors (Lipinski definition) is 3. The number of benzene rings is 2. The van der Waals surface area contributed by atoms with Crippen molar-refractivity contribution in [1.82, 2.24) is 15.1 Å². The van der Waals surface area contributed by atoms with Gasteiger partial charge in [-0.3, -0.25) is 10.00 Å². The van der Waals surface area contributed by atoms with E-state index in [9.17, 15) is 4.39 Å². The molecule has 1 aliphatic heterocycles. The van der Waals surface area contributed by atoms with E-state index in [1.165, 1.54) is 11.6 Å². The Bertz CT molecular complexity index is 852.